The summed E-state index contributed by atoms with van der Waals surface area (Å²) >= 11 is 0. The molecule has 1 aromatic carbocycles. The lowest BCUT2D eigenvalue weighted by Gasteiger charge is -2.31. The van der Waals surface area contributed by atoms with Crippen LogP contribution in [-0.4, -0.2) is 40.2 Å². The molecule has 2 unspecified atom stereocenters. The highest BCUT2D eigenvalue weighted by atomic mass is 16.6. The summed E-state index contributed by atoms with van der Waals surface area (Å²) in [4.78, 5) is 24.3. The Morgan fingerprint density at radius 2 is 2.27 bits per heavy atom. The number of hydrogen-bond donors (Lipinski definition) is 2. The van der Waals surface area contributed by atoms with Crippen LogP contribution < -0.4 is 5.32 Å². The molecule has 0 radical (unpaired) electrons. The Kier molecular flexibility index (Phi) is 4.97. The number of urea groups is 1. The Labute approximate surface area is 129 Å². The summed E-state index contributed by atoms with van der Waals surface area (Å²) in [6.45, 7) is 4.41. The molecule has 2 atom stereocenters. The maximum absolute atomic E-state index is 12.2. The maximum atomic E-state index is 12.2. The second-order valence-electron chi connectivity index (χ2n) is 5.72. The molecule has 0 aromatic heterocycles. The van der Waals surface area contributed by atoms with E-state index in [2.05, 4.69) is 5.32 Å². The third-order valence-corrected chi connectivity index (χ3v) is 3.95. The summed E-state index contributed by atoms with van der Waals surface area (Å²) in [5, 5.41) is 23.4. The molecule has 0 spiro atoms. The van der Waals surface area contributed by atoms with Crippen molar-refractivity contribution in [3.05, 3.63) is 39.4 Å². The number of nitro groups is 1. The van der Waals surface area contributed by atoms with Crippen molar-refractivity contribution in [3.63, 3.8) is 0 Å². The molecule has 0 aliphatic carbocycles. The van der Waals surface area contributed by atoms with Gasteiger partial charge >= 0.3 is 6.03 Å². The van der Waals surface area contributed by atoms with E-state index in [1.54, 1.807) is 30.9 Å². The Morgan fingerprint density at radius 1 is 1.55 bits per heavy atom. The van der Waals surface area contributed by atoms with Crippen LogP contribution in [0.15, 0.2) is 18.2 Å². The number of β-amino-alcohol motifs (C(OH)–C–C–N with tert-alkyl or cyclic N) is 1. The topological polar surface area (TPSA) is 95.7 Å². The molecule has 7 heteroatoms. The van der Waals surface area contributed by atoms with Gasteiger partial charge in [-0.05, 0) is 32.3 Å². The van der Waals surface area contributed by atoms with Gasteiger partial charge in [-0.2, -0.15) is 0 Å². The zero-order chi connectivity index (χ0) is 16.3. The average molecular weight is 307 g/mol. The van der Waals surface area contributed by atoms with Crippen molar-refractivity contribution in [3.8, 4) is 0 Å². The fraction of sp³-hybridized carbons (Fsp3) is 0.533. The number of benzene rings is 1. The van der Waals surface area contributed by atoms with Crippen LogP contribution in [0, 0.1) is 17.0 Å². The standard InChI is InChI=1S/C15H21N3O4/c1-10-5-6-12(8-14(10)18(21)22)11(2)16-15(20)17-7-3-4-13(19)9-17/h5-6,8,11,13,19H,3-4,7,9H2,1-2H3,(H,16,20). The second-order valence-corrected chi connectivity index (χ2v) is 5.72. The van der Waals surface area contributed by atoms with Crippen LogP contribution in [0.4, 0.5) is 10.5 Å². The van der Waals surface area contributed by atoms with Crippen LogP contribution in [0.5, 0.6) is 0 Å². The molecule has 1 aliphatic heterocycles. The molecule has 0 saturated carbocycles. The van der Waals surface area contributed by atoms with Crippen LogP contribution in [0.1, 0.15) is 36.9 Å². The van der Waals surface area contributed by atoms with Crippen molar-refractivity contribution in [1.82, 2.24) is 10.2 Å². The normalized spacial score (nSPS) is 19.6. The Hall–Kier alpha value is -2.15. The molecule has 1 fully saturated rings. The van der Waals surface area contributed by atoms with Crippen molar-refractivity contribution < 1.29 is 14.8 Å². The first kappa shape index (κ1) is 16.2. The fourth-order valence-corrected chi connectivity index (χ4v) is 2.59. The second kappa shape index (κ2) is 6.74. The summed E-state index contributed by atoms with van der Waals surface area (Å²) < 4.78 is 0. The largest absolute Gasteiger partial charge is 0.391 e. The van der Waals surface area contributed by atoms with Gasteiger partial charge in [0.05, 0.1) is 17.1 Å². The summed E-state index contributed by atoms with van der Waals surface area (Å²) in [5.74, 6) is 0. The van der Waals surface area contributed by atoms with Gasteiger partial charge < -0.3 is 15.3 Å². The molecule has 1 aliphatic rings. The van der Waals surface area contributed by atoms with E-state index >= 15 is 0 Å². The molecule has 2 amide bonds. The number of nitrogens with zero attached hydrogens (tertiary/aromatic N) is 2. The van der Waals surface area contributed by atoms with Crippen molar-refractivity contribution in [1.29, 1.82) is 0 Å². The summed E-state index contributed by atoms with van der Waals surface area (Å²) in [6, 6.07) is 4.35. The number of likely N-dealkylation sites (tertiary alicyclic amines) is 1. The number of aliphatic hydroxyl groups excluding tert-OH is 1. The lowest BCUT2D eigenvalue weighted by atomic mass is 10.0. The maximum Gasteiger partial charge on any atom is 0.317 e. The Morgan fingerprint density at radius 3 is 2.91 bits per heavy atom. The SMILES string of the molecule is Cc1ccc(C(C)NC(=O)N2CCCC(O)C2)cc1[N+](=O)[O-]. The van der Waals surface area contributed by atoms with E-state index in [0.29, 0.717) is 30.6 Å². The van der Waals surface area contributed by atoms with Crippen LogP contribution >= 0.6 is 0 Å². The highest BCUT2D eigenvalue weighted by Gasteiger charge is 2.23. The predicted octanol–water partition coefficient (Wildman–Crippen LogP) is 2.13. The van der Waals surface area contributed by atoms with Crippen LogP contribution in [0.25, 0.3) is 0 Å². The van der Waals surface area contributed by atoms with Gasteiger partial charge in [0, 0.05) is 24.7 Å². The van der Waals surface area contributed by atoms with Crippen LogP contribution in [-0.2, 0) is 0 Å². The first-order valence-electron chi connectivity index (χ1n) is 7.37. The smallest absolute Gasteiger partial charge is 0.317 e. The van der Waals surface area contributed by atoms with Gasteiger partial charge in [-0.1, -0.05) is 12.1 Å². The number of aliphatic hydroxyl groups is 1. The van der Waals surface area contributed by atoms with Crippen molar-refractivity contribution in [2.75, 3.05) is 13.1 Å². The molecular formula is C15H21N3O4. The van der Waals surface area contributed by atoms with Crippen molar-refractivity contribution >= 4 is 11.7 Å². The molecule has 0 bridgehead atoms. The van der Waals surface area contributed by atoms with Crippen molar-refractivity contribution in [2.24, 2.45) is 0 Å². The van der Waals surface area contributed by atoms with Gasteiger partial charge in [-0.15, -0.1) is 0 Å². The van der Waals surface area contributed by atoms with Gasteiger partial charge in [0.15, 0.2) is 0 Å². The first-order valence-corrected chi connectivity index (χ1v) is 7.37. The number of carbonyl (C=O) groups excluding carboxylic acids is 1. The fourth-order valence-electron chi connectivity index (χ4n) is 2.59. The van der Waals surface area contributed by atoms with Crippen LogP contribution in [0.3, 0.4) is 0 Å². The van der Waals surface area contributed by atoms with E-state index in [1.165, 1.54) is 6.07 Å². The number of carbonyl (C=O) groups is 1. The molecule has 1 heterocycles. The minimum absolute atomic E-state index is 0.0481. The number of nitro benzene ring substituents is 1. The average Bonchev–Trinajstić information content (AvgIpc) is 2.47. The lowest BCUT2D eigenvalue weighted by molar-refractivity contribution is -0.385. The first-order chi connectivity index (χ1) is 10.4. The number of amides is 2. The number of rotatable bonds is 3. The summed E-state index contributed by atoms with van der Waals surface area (Å²) in [5.41, 5.74) is 1.32. The number of hydrogen-bond acceptors (Lipinski definition) is 4. The third kappa shape index (κ3) is 3.73. The van der Waals surface area contributed by atoms with E-state index < -0.39 is 11.0 Å². The van der Waals surface area contributed by atoms with Crippen molar-refractivity contribution in [2.45, 2.75) is 38.8 Å². The Balaban J connectivity index is 2.05. The summed E-state index contributed by atoms with van der Waals surface area (Å²) in [6.07, 6.45) is 1.01. The van der Waals surface area contributed by atoms with Gasteiger partial charge in [0.25, 0.3) is 5.69 Å². The van der Waals surface area contributed by atoms with E-state index in [0.717, 1.165) is 6.42 Å². The zero-order valence-electron chi connectivity index (χ0n) is 12.8. The molecule has 22 heavy (non-hydrogen) atoms. The molecule has 2 N–H and O–H groups in total. The predicted molar refractivity (Wildman–Crippen MR) is 81.6 cm³/mol. The Bertz CT molecular complexity index is 576. The van der Waals surface area contributed by atoms with E-state index in [1.807, 2.05) is 0 Å². The highest BCUT2D eigenvalue weighted by Crippen LogP contribution is 2.23. The molecule has 2 rings (SSSR count). The molecule has 7 nitrogen and oxygen atoms in total. The minimum Gasteiger partial charge on any atom is -0.391 e. The third-order valence-electron chi connectivity index (χ3n) is 3.95. The van der Waals surface area contributed by atoms with E-state index in [4.69, 9.17) is 0 Å². The monoisotopic (exact) mass is 307 g/mol. The van der Waals surface area contributed by atoms with Gasteiger partial charge in [0.1, 0.15) is 0 Å². The van der Waals surface area contributed by atoms with E-state index in [-0.39, 0.29) is 17.8 Å². The quantitative estimate of drug-likeness (QED) is 0.660. The highest BCUT2D eigenvalue weighted by molar-refractivity contribution is 5.75. The minimum atomic E-state index is -0.477. The molecule has 1 saturated heterocycles. The van der Waals surface area contributed by atoms with Gasteiger partial charge in [-0.3, -0.25) is 10.1 Å². The lowest BCUT2D eigenvalue weighted by Crippen LogP contribution is -2.47. The molecular weight excluding hydrogens is 286 g/mol. The summed E-state index contributed by atoms with van der Waals surface area (Å²) in [7, 11) is 0. The number of aryl methyl sites for hydroxylation is 1. The molecule has 1 aromatic rings. The van der Waals surface area contributed by atoms with E-state index in [9.17, 15) is 20.0 Å². The molecule has 120 valence electrons. The van der Waals surface area contributed by atoms with Gasteiger partial charge in [0.2, 0.25) is 0 Å². The zero-order valence-corrected chi connectivity index (χ0v) is 12.8. The van der Waals surface area contributed by atoms with Crippen LogP contribution in [0.2, 0.25) is 0 Å². The number of piperidine rings is 1. The number of nitrogens with one attached hydrogen (secondary N) is 1. The van der Waals surface area contributed by atoms with Gasteiger partial charge in [-0.25, -0.2) is 4.79 Å².